The molecule has 0 radical (unpaired) electrons. The Bertz CT molecular complexity index is 1060. The molecule has 0 spiro atoms. The fourth-order valence-electron chi connectivity index (χ4n) is 7.98. The molecule has 368 valence electrons. The molecule has 0 aromatic carbocycles. The van der Waals surface area contributed by atoms with E-state index in [1.54, 1.807) is 0 Å². The Kier molecular flexibility index (Phi) is 50.3. The summed E-state index contributed by atoms with van der Waals surface area (Å²) in [5.74, 6) is -0.872. The third kappa shape index (κ3) is 50.5. The third-order valence-corrected chi connectivity index (χ3v) is 12.1. The van der Waals surface area contributed by atoms with Crippen molar-refractivity contribution in [3.8, 4) is 0 Å². The maximum atomic E-state index is 12.8. The molecule has 0 aromatic heterocycles. The van der Waals surface area contributed by atoms with Gasteiger partial charge in [-0.2, -0.15) is 0 Å². The highest BCUT2D eigenvalue weighted by molar-refractivity contribution is 5.71. The van der Waals surface area contributed by atoms with E-state index in [0.717, 1.165) is 77.0 Å². The van der Waals surface area contributed by atoms with Gasteiger partial charge in [-0.25, -0.2) is 0 Å². The molecule has 0 aliphatic carbocycles. The summed E-state index contributed by atoms with van der Waals surface area (Å²) in [4.78, 5) is 37.9. The van der Waals surface area contributed by atoms with Gasteiger partial charge in [-0.1, -0.05) is 250 Å². The standard InChI is InChI=1S/C57H104O6/c1-4-7-10-13-16-18-20-22-24-25-26-27-28-29-30-31-33-34-36-38-41-44-47-50-56(59)62-53-54(52-61-55(58)49-46-43-40-15-12-9-6-3)63-57(60)51-48-45-42-39-37-35-32-23-21-19-17-14-11-8-5-2/h20,22,25-26,28-29,54H,4-19,21,23-24,27,30-53H2,1-3H3/b22-20-,26-25-,29-28-. The number of carbonyl (C=O) groups excluding carboxylic acids is 3. The van der Waals surface area contributed by atoms with E-state index in [2.05, 4.69) is 57.2 Å². The molecule has 63 heavy (non-hydrogen) atoms. The molecule has 1 unspecified atom stereocenters. The van der Waals surface area contributed by atoms with Crippen molar-refractivity contribution in [2.24, 2.45) is 0 Å². The summed E-state index contributed by atoms with van der Waals surface area (Å²) in [7, 11) is 0. The molecule has 0 aromatic rings. The van der Waals surface area contributed by atoms with Crippen molar-refractivity contribution >= 4 is 17.9 Å². The highest BCUT2D eigenvalue weighted by Gasteiger charge is 2.19. The zero-order valence-corrected chi connectivity index (χ0v) is 42.1. The predicted octanol–water partition coefficient (Wildman–Crippen LogP) is 18.1. The number of hydrogen-bond acceptors (Lipinski definition) is 6. The van der Waals surface area contributed by atoms with Crippen LogP contribution >= 0.6 is 0 Å². The first-order valence-corrected chi connectivity index (χ1v) is 27.5. The van der Waals surface area contributed by atoms with Crippen LogP contribution in [0.4, 0.5) is 0 Å². The Hall–Kier alpha value is -2.37. The number of allylic oxidation sites excluding steroid dienone is 6. The Morgan fingerprint density at radius 3 is 0.889 bits per heavy atom. The molecule has 0 heterocycles. The van der Waals surface area contributed by atoms with Crippen molar-refractivity contribution in [2.75, 3.05) is 13.2 Å². The van der Waals surface area contributed by atoms with Crippen LogP contribution in [0.5, 0.6) is 0 Å². The van der Waals surface area contributed by atoms with E-state index in [-0.39, 0.29) is 31.1 Å². The molecular formula is C57H104O6. The maximum absolute atomic E-state index is 12.8. The number of esters is 3. The molecule has 0 saturated heterocycles. The summed E-state index contributed by atoms with van der Waals surface area (Å²) in [5, 5.41) is 0. The molecular weight excluding hydrogens is 781 g/mol. The van der Waals surface area contributed by atoms with E-state index in [4.69, 9.17) is 14.2 Å². The molecule has 0 fully saturated rings. The Balaban J connectivity index is 4.18. The summed E-state index contributed by atoms with van der Waals surface area (Å²) in [6.45, 7) is 6.61. The lowest BCUT2D eigenvalue weighted by Gasteiger charge is -2.18. The van der Waals surface area contributed by atoms with Crippen molar-refractivity contribution in [1.29, 1.82) is 0 Å². The minimum absolute atomic E-state index is 0.0711. The van der Waals surface area contributed by atoms with E-state index >= 15 is 0 Å². The lowest BCUT2D eigenvalue weighted by atomic mass is 10.0. The Labute approximate surface area is 391 Å². The third-order valence-electron chi connectivity index (χ3n) is 12.1. The van der Waals surface area contributed by atoms with Crippen LogP contribution in [0.15, 0.2) is 36.5 Å². The first kappa shape index (κ1) is 60.6. The zero-order chi connectivity index (χ0) is 45.8. The van der Waals surface area contributed by atoms with E-state index in [9.17, 15) is 14.4 Å². The van der Waals surface area contributed by atoms with E-state index in [1.165, 1.54) is 173 Å². The van der Waals surface area contributed by atoms with Gasteiger partial charge in [0.2, 0.25) is 0 Å². The number of hydrogen-bond donors (Lipinski definition) is 0. The lowest BCUT2D eigenvalue weighted by molar-refractivity contribution is -0.167. The van der Waals surface area contributed by atoms with E-state index in [0.29, 0.717) is 19.3 Å². The highest BCUT2D eigenvalue weighted by Crippen LogP contribution is 2.16. The molecule has 0 saturated carbocycles. The molecule has 0 amide bonds. The first-order valence-electron chi connectivity index (χ1n) is 27.5. The molecule has 0 aliphatic rings. The summed E-state index contributed by atoms with van der Waals surface area (Å²) < 4.78 is 16.8. The molecule has 0 aliphatic heterocycles. The molecule has 6 nitrogen and oxygen atoms in total. The van der Waals surface area contributed by atoms with Crippen molar-refractivity contribution in [1.82, 2.24) is 0 Å². The lowest BCUT2D eigenvalue weighted by Crippen LogP contribution is -2.30. The number of ether oxygens (including phenoxy) is 3. The molecule has 0 N–H and O–H groups in total. The average molecular weight is 885 g/mol. The van der Waals surface area contributed by atoms with Gasteiger partial charge in [0.15, 0.2) is 6.10 Å². The normalized spacial score (nSPS) is 12.2. The molecule has 0 rings (SSSR count). The van der Waals surface area contributed by atoms with Gasteiger partial charge in [-0.15, -0.1) is 0 Å². The quantitative estimate of drug-likeness (QED) is 0.0262. The highest BCUT2D eigenvalue weighted by atomic mass is 16.6. The second-order valence-electron chi connectivity index (χ2n) is 18.5. The van der Waals surface area contributed by atoms with Crippen LogP contribution in [-0.4, -0.2) is 37.2 Å². The van der Waals surface area contributed by atoms with Gasteiger partial charge >= 0.3 is 17.9 Å². The van der Waals surface area contributed by atoms with Gasteiger partial charge in [-0.3, -0.25) is 14.4 Å². The number of unbranched alkanes of at least 4 members (excludes halogenated alkanes) is 33. The molecule has 1 atom stereocenters. The van der Waals surface area contributed by atoms with Gasteiger partial charge in [0.1, 0.15) is 13.2 Å². The minimum atomic E-state index is -0.768. The first-order chi connectivity index (χ1) is 31.0. The largest absolute Gasteiger partial charge is 0.462 e. The number of rotatable bonds is 50. The fraction of sp³-hybridized carbons (Fsp3) is 0.842. The summed E-state index contributed by atoms with van der Waals surface area (Å²) >= 11 is 0. The van der Waals surface area contributed by atoms with Crippen LogP contribution in [-0.2, 0) is 28.6 Å². The van der Waals surface area contributed by atoms with Crippen LogP contribution in [0.25, 0.3) is 0 Å². The van der Waals surface area contributed by atoms with Gasteiger partial charge in [0.25, 0.3) is 0 Å². The van der Waals surface area contributed by atoms with Gasteiger partial charge in [0.05, 0.1) is 0 Å². The SMILES string of the molecule is CCCCCCC/C=C\C/C=C\C/C=C\CCCCCCCCCCC(=O)OCC(COC(=O)CCCCCCCCC)OC(=O)CCCCCCCCCCCCCCCCC. The van der Waals surface area contributed by atoms with Crippen LogP contribution in [0, 0.1) is 0 Å². The van der Waals surface area contributed by atoms with Gasteiger partial charge in [0, 0.05) is 19.3 Å². The Morgan fingerprint density at radius 1 is 0.317 bits per heavy atom. The van der Waals surface area contributed by atoms with Gasteiger partial charge in [-0.05, 0) is 57.8 Å². The molecule has 0 bridgehead atoms. The average Bonchev–Trinajstić information content (AvgIpc) is 3.28. The number of carbonyl (C=O) groups is 3. The summed E-state index contributed by atoms with van der Waals surface area (Å²) in [6.07, 6.45) is 61.5. The van der Waals surface area contributed by atoms with Gasteiger partial charge < -0.3 is 14.2 Å². The maximum Gasteiger partial charge on any atom is 0.306 e. The second-order valence-corrected chi connectivity index (χ2v) is 18.5. The van der Waals surface area contributed by atoms with Crippen molar-refractivity contribution in [3.05, 3.63) is 36.5 Å². The Morgan fingerprint density at radius 2 is 0.571 bits per heavy atom. The smallest absolute Gasteiger partial charge is 0.306 e. The minimum Gasteiger partial charge on any atom is -0.462 e. The zero-order valence-electron chi connectivity index (χ0n) is 42.1. The predicted molar refractivity (Wildman–Crippen MR) is 270 cm³/mol. The van der Waals surface area contributed by atoms with Crippen LogP contribution in [0.2, 0.25) is 0 Å². The van der Waals surface area contributed by atoms with Crippen LogP contribution < -0.4 is 0 Å². The van der Waals surface area contributed by atoms with Crippen LogP contribution in [0.3, 0.4) is 0 Å². The van der Waals surface area contributed by atoms with E-state index < -0.39 is 6.10 Å². The van der Waals surface area contributed by atoms with Crippen molar-refractivity contribution < 1.29 is 28.6 Å². The monoisotopic (exact) mass is 885 g/mol. The topological polar surface area (TPSA) is 78.9 Å². The van der Waals surface area contributed by atoms with E-state index in [1.807, 2.05) is 0 Å². The molecule has 6 heteroatoms. The van der Waals surface area contributed by atoms with Crippen molar-refractivity contribution in [2.45, 2.75) is 297 Å². The van der Waals surface area contributed by atoms with Crippen molar-refractivity contribution in [3.63, 3.8) is 0 Å². The van der Waals surface area contributed by atoms with Crippen LogP contribution in [0.1, 0.15) is 290 Å². The fourth-order valence-corrected chi connectivity index (χ4v) is 7.98. The second kappa shape index (κ2) is 52.3. The summed E-state index contributed by atoms with van der Waals surface area (Å²) in [5.41, 5.74) is 0. The summed E-state index contributed by atoms with van der Waals surface area (Å²) in [6, 6.07) is 0.